The van der Waals surface area contributed by atoms with E-state index in [0.717, 1.165) is 11.4 Å². The van der Waals surface area contributed by atoms with Crippen molar-refractivity contribution in [1.82, 2.24) is 10.9 Å². The first-order chi connectivity index (χ1) is 7.51. The van der Waals surface area contributed by atoms with Crippen molar-refractivity contribution in [2.45, 2.75) is 26.7 Å². The quantitative estimate of drug-likeness (QED) is 0.320. The summed E-state index contributed by atoms with van der Waals surface area (Å²) in [7, 11) is 0. The summed E-state index contributed by atoms with van der Waals surface area (Å²) in [5.41, 5.74) is 17.1. The number of nitrogens with two attached hydrogens (primary N) is 2. The molecule has 0 aliphatic carbocycles. The molecule has 0 rings (SSSR count). The zero-order valence-electron chi connectivity index (χ0n) is 9.28. The van der Waals surface area contributed by atoms with Gasteiger partial charge in [0.15, 0.2) is 10.2 Å². The van der Waals surface area contributed by atoms with Crippen LogP contribution in [0.15, 0.2) is 10.2 Å². The molecular formula is C8H16N6S2. The van der Waals surface area contributed by atoms with E-state index in [-0.39, 0.29) is 10.2 Å². The first-order valence-corrected chi connectivity index (χ1v) is 5.57. The van der Waals surface area contributed by atoms with E-state index >= 15 is 0 Å². The maximum atomic E-state index is 5.28. The highest BCUT2D eigenvalue weighted by molar-refractivity contribution is 7.80. The van der Waals surface area contributed by atoms with Gasteiger partial charge in [-0.15, -0.1) is 0 Å². The standard InChI is InChI=1S/C8H16N6S2/c1-3-5(11-13-7(9)15)6(4-2)12-14-8(10)16/h3-4H2,1-2H3,(H3,9,13,15)(H3,10,14,16)/b11-5-,12-6-. The second-order valence-corrected chi connectivity index (χ2v) is 3.66. The number of thiocarbonyl (C=S) groups is 2. The summed E-state index contributed by atoms with van der Waals surface area (Å²) in [5.74, 6) is 0. The van der Waals surface area contributed by atoms with Crippen LogP contribution in [0.1, 0.15) is 26.7 Å². The number of hydrogen-bond donors (Lipinski definition) is 4. The van der Waals surface area contributed by atoms with E-state index in [0.29, 0.717) is 12.8 Å². The molecule has 8 heteroatoms. The minimum atomic E-state index is 0.115. The molecule has 6 N–H and O–H groups in total. The highest BCUT2D eigenvalue weighted by Gasteiger charge is 2.05. The topological polar surface area (TPSA) is 101 Å². The number of rotatable bonds is 5. The van der Waals surface area contributed by atoms with E-state index in [1.165, 1.54) is 0 Å². The molecular weight excluding hydrogens is 244 g/mol. The van der Waals surface area contributed by atoms with Crippen molar-refractivity contribution in [3.05, 3.63) is 0 Å². The Balaban J connectivity index is 4.74. The zero-order valence-corrected chi connectivity index (χ0v) is 10.9. The van der Waals surface area contributed by atoms with Gasteiger partial charge >= 0.3 is 0 Å². The lowest BCUT2D eigenvalue weighted by Crippen LogP contribution is -2.30. The van der Waals surface area contributed by atoms with Crippen LogP contribution in [-0.4, -0.2) is 21.6 Å². The molecule has 0 amide bonds. The van der Waals surface area contributed by atoms with Gasteiger partial charge in [0.2, 0.25) is 0 Å². The third-order valence-corrected chi connectivity index (χ3v) is 1.79. The van der Waals surface area contributed by atoms with Crippen molar-refractivity contribution >= 4 is 46.1 Å². The van der Waals surface area contributed by atoms with Crippen molar-refractivity contribution in [3.8, 4) is 0 Å². The van der Waals surface area contributed by atoms with E-state index in [9.17, 15) is 0 Å². The maximum Gasteiger partial charge on any atom is 0.184 e. The molecule has 0 saturated carbocycles. The summed E-state index contributed by atoms with van der Waals surface area (Å²) in [6, 6.07) is 0. The fraction of sp³-hybridized carbons (Fsp3) is 0.500. The summed E-state index contributed by atoms with van der Waals surface area (Å²) in [4.78, 5) is 0. The van der Waals surface area contributed by atoms with E-state index in [4.69, 9.17) is 11.5 Å². The van der Waals surface area contributed by atoms with Crippen molar-refractivity contribution in [2.75, 3.05) is 0 Å². The van der Waals surface area contributed by atoms with Crippen LogP contribution in [0.4, 0.5) is 0 Å². The molecule has 0 aliphatic rings. The molecule has 0 aromatic carbocycles. The Bertz CT molecular complexity index is 290. The average Bonchev–Trinajstić information content (AvgIpc) is 2.22. The lowest BCUT2D eigenvalue weighted by atomic mass is 10.1. The van der Waals surface area contributed by atoms with Crippen LogP contribution in [-0.2, 0) is 0 Å². The minimum Gasteiger partial charge on any atom is -0.375 e. The molecule has 0 fully saturated rings. The summed E-state index contributed by atoms with van der Waals surface area (Å²) < 4.78 is 0. The monoisotopic (exact) mass is 260 g/mol. The van der Waals surface area contributed by atoms with Gasteiger partial charge in [-0.2, -0.15) is 10.2 Å². The second-order valence-electron chi connectivity index (χ2n) is 2.78. The van der Waals surface area contributed by atoms with E-state index in [2.05, 4.69) is 45.5 Å². The zero-order chi connectivity index (χ0) is 12.6. The van der Waals surface area contributed by atoms with Gasteiger partial charge in [-0.05, 0) is 37.3 Å². The lowest BCUT2D eigenvalue weighted by Gasteiger charge is -2.06. The molecule has 0 aromatic rings. The normalized spacial score (nSPS) is 12.1. The molecule has 0 heterocycles. The third-order valence-electron chi connectivity index (χ3n) is 1.61. The number of hydrogen-bond acceptors (Lipinski definition) is 4. The Kier molecular flexibility index (Phi) is 7.31. The molecule has 90 valence electrons. The molecule has 0 aromatic heterocycles. The van der Waals surface area contributed by atoms with Gasteiger partial charge in [-0.1, -0.05) is 13.8 Å². The minimum absolute atomic E-state index is 0.115. The Morgan fingerprint density at radius 1 is 0.938 bits per heavy atom. The van der Waals surface area contributed by atoms with Gasteiger partial charge < -0.3 is 11.5 Å². The molecule has 0 radical (unpaired) electrons. The average molecular weight is 260 g/mol. The Labute approximate surface area is 106 Å². The van der Waals surface area contributed by atoms with Crippen LogP contribution >= 0.6 is 24.4 Å². The molecule has 0 aliphatic heterocycles. The van der Waals surface area contributed by atoms with Crippen LogP contribution in [0.3, 0.4) is 0 Å². The Morgan fingerprint density at radius 3 is 1.44 bits per heavy atom. The van der Waals surface area contributed by atoms with Crippen molar-refractivity contribution in [2.24, 2.45) is 21.7 Å². The van der Waals surface area contributed by atoms with Crippen LogP contribution in [0.2, 0.25) is 0 Å². The van der Waals surface area contributed by atoms with Crippen LogP contribution in [0.25, 0.3) is 0 Å². The Hall–Kier alpha value is -1.28. The van der Waals surface area contributed by atoms with Crippen LogP contribution in [0, 0.1) is 0 Å². The summed E-state index contributed by atoms with van der Waals surface area (Å²) in [6.07, 6.45) is 1.39. The molecule has 0 atom stereocenters. The summed E-state index contributed by atoms with van der Waals surface area (Å²) >= 11 is 9.31. The molecule has 6 nitrogen and oxygen atoms in total. The fourth-order valence-electron chi connectivity index (χ4n) is 0.940. The van der Waals surface area contributed by atoms with Gasteiger partial charge in [0.25, 0.3) is 0 Å². The molecule has 16 heavy (non-hydrogen) atoms. The van der Waals surface area contributed by atoms with E-state index in [1.807, 2.05) is 13.8 Å². The molecule has 0 bridgehead atoms. The number of nitrogens with zero attached hydrogens (tertiary/aromatic N) is 2. The predicted octanol–water partition coefficient (Wildman–Crippen LogP) is 0.185. The number of nitrogens with one attached hydrogen (secondary N) is 2. The van der Waals surface area contributed by atoms with Gasteiger partial charge in [0.1, 0.15) is 0 Å². The first kappa shape index (κ1) is 14.7. The van der Waals surface area contributed by atoms with Crippen LogP contribution in [0.5, 0.6) is 0 Å². The summed E-state index contributed by atoms with van der Waals surface area (Å²) in [5, 5.41) is 8.30. The second kappa shape index (κ2) is 7.94. The van der Waals surface area contributed by atoms with Gasteiger partial charge in [0, 0.05) is 0 Å². The predicted molar refractivity (Wildman–Crippen MR) is 75.3 cm³/mol. The fourth-order valence-corrected chi connectivity index (χ4v) is 1.03. The van der Waals surface area contributed by atoms with Gasteiger partial charge in [0.05, 0.1) is 11.4 Å². The third kappa shape index (κ3) is 6.25. The van der Waals surface area contributed by atoms with Gasteiger partial charge in [-0.3, -0.25) is 10.9 Å². The SMILES string of the molecule is CCC(=N/NC(N)=S)/C(CC)=N\NC(N)=S. The van der Waals surface area contributed by atoms with E-state index < -0.39 is 0 Å². The first-order valence-electron chi connectivity index (χ1n) is 4.75. The van der Waals surface area contributed by atoms with Crippen LogP contribution < -0.4 is 22.3 Å². The highest BCUT2D eigenvalue weighted by Crippen LogP contribution is 1.94. The largest absolute Gasteiger partial charge is 0.375 e. The molecule has 0 unspecified atom stereocenters. The number of hydrazone groups is 2. The molecule has 0 saturated heterocycles. The van der Waals surface area contributed by atoms with E-state index in [1.54, 1.807) is 0 Å². The maximum absolute atomic E-state index is 5.28. The molecule has 0 spiro atoms. The van der Waals surface area contributed by atoms with Crippen molar-refractivity contribution in [3.63, 3.8) is 0 Å². The highest BCUT2D eigenvalue weighted by atomic mass is 32.1. The summed E-state index contributed by atoms with van der Waals surface area (Å²) in [6.45, 7) is 3.90. The van der Waals surface area contributed by atoms with Crippen molar-refractivity contribution < 1.29 is 0 Å². The lowest BCUT2D eigenvalue weighted by molar-refractivity contribution is 0.995. The van der Waals surface area contributed by atoms with Gasteiger partial charge in [-0.25, -0.2) is 0 Å². The Morgan fingerprint density at radius 2 is 1.25 bits per heavy atom. The van der Waals surface area contributed by atoms with Crippen molar-refractivity contribution in [1.29, 1.82) is 0 Å². The smallest absolute Gasteiger partial charge is 0.184 e.